The molecular formula is C15H21NO7S. The summed E-state index contributed by atoms with van der Waals surface area (Å²) in [6.45, 7) is 2.50. The van der Waals surface area contributed by atoms with Gasteiger partial charge in [0.05, 0.1) is 22.9 Å². The molecule has 1 saturated heterocycles. The van der Waals surface area contributed by atoms with Crippen molar-refractivity contribution in [3.63, 3.8) is 0 Å². The van der Waals surface area contributed by atoms with Crippen molar-refractivity contribution in [1.29, 1.82) is 0 Å². The zero-order valence-corrected chi connectivity index (χ0v) is 14.5. The van der Waals surface area contributed by atoms with Gasteiger partial charge in [-0.15, -0.1) is 0 Å². The maximum absolute atomic E-state index is 12.8. The van der Waals surface area contributed by atoms with E-state index in [2.05, 4.69) is 0 Å². The fourth-order valence-corrected chi connectivity index (χ4v) is 4.60. The largest absolute Gasteiger partial charge is 0.619 e. The van der Waals surface area contributed by atoms with Crippen LogP contribution < -0.4 is 4.73 Å². The highest BCUT2D eigenvalue weighted by molar-refractivity contribution is 7.92. The van der Waals surface area contributed by atoms with Gasteiger partial charge in [-0.3, -0.25) is 0 Å². The van der Waals surface area contributed by atoms with Gasteiger partial charge in [0, 0.05) is 32.8 Å². The molecule has 0 aliphatic carbocycles. The van der Waals surface area contributed by atoms with E-state index in [0.29, 0.717) is 30.8 Å². The molecule has 0 N–H and O–H groups in total. The van der Waals surface area contributed by atoms with Crippen molar-refractivity contribution in [2.24, 2.45) is 0 Å². The number of carbonyl (C=O) groups excluding carboxylic acids is 1. The van der Waals surface area contributed by atoms with Gasteiger partial charge in [-0.25, -0.2) is 13.2 Å². The number of esters is 1. The second-order valence-electron chi connectivity index (χ2n) is 5.51. The van der Waals surface area contributed by atoms with Gasteiger partial charge in [-0.2, -0.15) is 4.73 Å². The van der Waals surface area contributed by atoms with Gasteiger partial charge in [0.25, 0.3) is 0 Å². The van der Waals surface area contributed by atoms with Crippen molar-refractivity contribution in [3.8, 4) is 0 Å². The molecule has 8 nitrogen and oxygen atoms in total. The highest BCUT2D eigenvalue weighted by atomic mass is 32.2. The molecule has 1 aliphatic rings. The smallest absolute Gasteiger partial charge is 0.345 e. The summed E-state index contributed by atoms with van der Waals surface area (Å²) in [4.78, 5) is 12.0. The molecule has 0 aromatic carbocycles. The van der Waals surface area contributed by atoms with Gasteiger partial charge in [0.1, 0.15) is 5.56 Å². The Kier molecular flexibility index (Phi) is 6.14. The van der Waals surface area contributed by atoms with E-state index < -0.39 is 27.2 Å². The van der Waals surface area contributed by atoms with Gasteiger partial charge < -0.3 is 19.4 Å². The average molecular weight is 359 g/mol. The van der Waals surface area contributed by atoms with E-state index >= 15 is 0 Å². The molecule has 1 aliphatic heterocycles. The molecule has 0 radical (unpaired) electrons. The van der Waals surface area contributed by atoms with Crippen LogP contribution in [0, 0.1) is 5.21 Å². The minimum atomic E-state index is -3.82. The van der Waals surface area contributed by atoms with Gasteiger partial charge in [0.2, 0.25) is 0 Å². The molecule has 2 atom stereocenters. The van der Waals surface area contributed by atoms with Crippen LogP contribution >= 0.6 is 0 Å². The number of ether oxygens (including phenoxy) is 3. The predicted octanol–water partition coefficient (Wildman–Crippen LogP) is 0.464. The van der Waals surface area contributed by atoms with Gasteiger partial charge >= 0.3 is 5.97 Å². The van der Waals surface area contributed by atoms with E-state index in [1.807, 2.05) is 0 Å². The van der Waals surface area contributed by atoms with E-state index in [9.17, 15) is 18.4 Å². The summed E-state index contributed by atoms with van der Waals surface area (Å²) >= 11 is 0. The lowest BCUT2D eigenvalue weighted by atomic mass is 10.2. The number of pyridine rings is 1. The van der Waals surface area contributed by atoms with Crippen LogP contribution in [-0.4, -0.2) is 52.7 Å². The molecule has 1 aromatic heterocycles. The maximum atomic E-state index is 12.8. The first-order chi connectivity index (χ1) is 11.4. The van der Waals surface area contributed by atoms with Gasteiger partial charge in [-0.05, 0) is 13.3 Å². The quantitative estimate of drug-likeness (QED) is 0.301. The van der Waals surface area contributed by atoms with Crippen LogP contribution in [-0.2, 0) is 24.0 Å². The van der Waals surface area contributed by atoms with Crippen molar-refractivity contribution in [2.75, 3.05) is 26.9 Å². The first-order valence-corrected chi connectivity index (χ1v) is 9.17. The number of sulfone groups is 1. The van der Waals surface area contributed by atoms with Crippen molar-refractivity contribution < 1.29 is 32.2 Å². The van der Waals surface area contributed by atoms with Gasteiger partial charge in [0.15, 0.2) is 22.2 Å². The van der Waals surface area contributed by atoms with Crippen molar-refractivity contribution in [2.45, 2.75) is 36.0 Å². The molecule has 24 heavy (non-hydrogen) atoms. The summed E-state index contributed by atoms with van der Waals surface area (Å²) in [5, 5.41) is 10.8. The molecule has 134 valence electrons. The lowest BCUT2D eigenvalue weighted by Crippen LogP contribution is -2.33. The molecule has 2 heterocycles. The number of aromatic nitrogens is 1. The summed E-state index contributed by atoms with van der Waals surface area (Å²) in [7, 11) is -2.30. The van der Waals surface area contributed by atoms with Crippen molar-refractivity contribution in [1.82, 2.24) is 0 Å². The van der Waals surface area contributed by atoms with E-state index in [1.165, 1.54) is 7.11 Å². The molecule has 1 aromatic rings. The topological polar surface area (TPSA) is 106 Å². The van der Waals surface area contributed by atoms with Crippen molar-refractivity contribution >= 4 is 15.8 Å². The summed E-state index contributed by atoms with van der Waals surface area (Å²) in [6, 6.07) is 1.14. The summed E-state index contributed by atoms with van der Waals surface area (Å²) in [6.07, 6.45) is 2.32. The fourth-order valence-electron chi connectivity index (χ4n) is 2.59. The van der Waals surface area contributed by atoms with Crippen LogP contribution in [0.15, 0.2) is 23.4 Å². The van der Waals surface area contributed by atoms with Crippen LogP contribution in [0.3, 0.4) is 0 Å². The zero-order chi connectivity index (χ0) is 17.7. The minimum absolute atomic E-state index is 0.0723. The maximum Gasteiger partial charge on any atom is 0.345 e. The second kappa shape index (κ2) is 7.91. The summed E-state index contributed by atoms with van der Waals surface area (Å²) in [5.41, 5.74) is -0.260. The van der Waals surface area contributed by atoms with Gasteiger partial charge in [-0.1, -0.05) is 0 Å². The normalized spacial score (nSPS) is 20.9. The van der Waals surface area contributed by atoms with Crippen LogP contribution in [0.4, 0.5) is 0 Å². The Labute approximate surface area is 140 Å². The Hall–Kier alpha value is -1.71. The van der Waals surface area contributed by atoms with Crippen LogP contribution in [0.5, 0.6) is 0 Å². The molecule has 0 spiro atoms. The number of hydrogen-bond donors (Lipinski definition) is 0. The SMILES string of the molecule is COCCCOC(=O)c1c[n+]([O-])ccc1S(=O)(=O)C1CCOC1C. The molecule has 1 fully saturated rings. The number of methoxy groups -OCH3 is 1. The van der Waals surface area contributed by atoms with Crippen LogP contribution in [0.1, 0.15) is 30.1 Å². The van der Waals surface area contributed by atoms with E-state index in [-0.39, 0.29) is 17.1 Å². The third-order valence-electron chi connectivity index (χ3n) is 3.85. The molecule has 0 bridgehead atoms. The van der Waals surface area contributed by atoms with Crippen LogP contribution in [0.2, 0.25) is 0 Å². The molecule has 9 heteroatoms. The van der Waals surface area contributed by atoms with E-state index in [4.69, 9.17) is 14.2 Å². The monoisotopic (exact) mass is 359 g/mol. The first kappa shape index (κ1) is 18.6. The first-order valence-electron chi connectivity index (χ1n) is 7.62. The number of hydrogen-bond acceptors (Lipinski definition) is 7. The molecule has 2 rings (SSSR count). The Morgan fingerprint density at radius 1 is 1.46 bits per heavy atom. The van der Waals surface area contributed by atoms with E-state index in [1.54, 1.807) is 6.92 Å². The third kappa shape index (κ3) is 4.03. The molecule has 0 saturated carbocycles. The van der Waals surface area contributed by atoms with Crippen LogP contribution in [0.25, 0.3) is 0 Å². The number of nitrogens with zero attached hydrogens (tertiary/aromatic N) is 1. The zero-order valence-electron chi connectivity index (χ0n) is 13.6. The minimum Gasteiger partial charge on any atom is -0.619 e. The molecule has 2 unspecified atom stereocenters. The molecule has 0 amide bonds. The highest BCUT2D eigenvalue weighted by Gasteiger charge is 2.39. The number of carbonyl (C=O) groups is 1. The fraction of sp³-hybridized carbons (Fsp3) is 0.600. The predicted molar refractivity (Wildman–Crippen MR) is 83.2 cm³/mol. The summed E-state index contributed by atoms with van der Waals surface area (Å²) < 4.78 is 41.3. The lowest BCUT2D eigenvalue weighted by molar-refractivity contribution is -0.605. The van der Waals surface area contributed by atoms with E-state index in [0.717, 1.165) is 18.5 Å². The number of rotatable bonds is 7. The molecular weight excluding hydrogens is 338 g/mol. The summed E-state index contributed by atoms with van der Waals surface area (Å²) in [5.74, 6) is -0.846. The second-order valence-corrected chi connectivity index (χ2v) is 7.65. The Bertz CT molecular complexity index is 689. The highest BCUT2D eigenvalue weighted by Crippen LogP contribution is 2.28. The Morgan fingerprint density at radius 3 is 2.83 bits per heavy atom. The Balaban J connectivity index is 2.29. The average Bonchev–Trinajstić information content (AvgIpc) is 2.98. The third-order valence-corrected chi connectivity index (χ3v) is 6.24. The standard InChI is InChI=1S/C15H21NO7S/c1-11-13(5-9-22-11)24(19,20)14-4-6-16(18)10-12(14)15(17)23-8-3-7-21-2/h4,6,10-11,13H,3,5,7-9H2,1-2H3. The van der Waals surface area contributed by atoms with Crippen molar-refractivity contribution in [3.05, 3.63) is 29.2 Å². The Morgan fingerprint density at radius 2 is 2.21 bits per heavy atom. The lowest BCUT2D eigenvalue weighted by Gasteiger charge is -2.16.